The maximum absolute atomic E-state index is 2.42. The van der Waals surface area contributed by atoms with Crippen LogP contribution >= 0.6 is 0 Å². The fraction of sp³-hybridized carbons (Fsp3) is 0.917. The van der Waals surface area contributed by atoms with Crippen LogP contribution in [0.3, 0.4) is 0 Å². The molecule has 0 nitrogen and oxygen atoms in total. The second kappa shape index (κ2) is 2.49. The summed E-state index contributed by atoms with van der Waals surface area (Å²) >= 11 is 0. The highest BCUT2D eigenvalue weighted by atomic mass is 14.7. The van der Waals surface area contributed by atoms with Crippen molar-refractivity contribution in [2.24, 2.45) is 23.2 Å². The maximum Gasteiger partial charge on any atom is -0.0137 e. The lowest BCUT2D eigenvalue weighted by molar-refractivity contribution is 0.576. The van der Waals surface area contributed by atoms with E-state index < -0.39 is 0 Å². The van der Waals surface area contributed by atoms with E-state index in [-0.39, 0.29) is 0 Å². The minimum Gasteiger partial charge on any atom is -0.0651 e. The minimum absolute atomic E-state index is 0.673. The highest BCUT2D eigenvalue weighted by Gasteiger charge is 2.62. The highest BCUT2D eigenvalue weighted by molar-refractivity contribution is 5.30. The summed E-state index contributed by atoms with van der Waals surface area (Å²) in [5.41, 5.74) is 0.673. The van der Waals surface area contributed by atoms with Crippen LogP contribution in [0.5, 0.6) is 0 Å². The first-order valence-electron chi connectivity index (χ1n) is 5.48. The molecule has 3 atom stereocenters. The predicted octanol–water partition coefficient (Wildman–Crippen LogP) is 3.67. The molecule has 2 rings (SSSR count). The van der Waals surface area contributed by atoms with Gasteiger partial charge in [-0.2, -0.15) is 0 Å². The van der Waals surface area contributed by atoms with Gasteiger partial charge in [-0.25, -0.2) is 0 Å². The molecule has 3 unspecified atom stereocenters. The molecule has 69 valence electrons. The normalized spacial score (nSPS) is 44.5. The van der Waals surface area contributed by atoms with Crippen molar-refractivity contribution in [3.05, 3.63) is 5.92 Å². The van der Waals surface area contributed by atoms with Crippen LogP contribution in [0, 0.1) is 29.1 Å². The molecular formula is C12H21. The van der Waals surface area contributed by atoms with Crippen LogP contribution in [-0.2, 0) is 0 Å². The van der Waals surface area contributed by atoms with Crippen LogP contribution in [0.25, 0.3) is 0 Å². The number of rotatable bonds is 3. The maximum atomic E-state index is 2.42. The minimum atomic E-state index is 0.673. The molecule has 0 spiro atoms. The largest absolute Gasteiger partial charge is 0.0651 e. The van der Waals surface area contributed by atoms with Crippen LogP contribution in [0.15, 0.2) is 0 Å². The van der Waals surface area contributed by atoms with E-state index in [1.54, 1.807) is 0 Å². The van der Waals surface area contributed by atoms with Gasteiger partial charge in [0.2, 0.25) is 0 Å². The molecule has 0 amide bonds. The van der Waals surface area contributed by atoms with Crippen LogP contribution in [0.1, 0.15) is 47.0 Å². The first-order chi connectivity index (χ1) is 5.61. The molecule has 0 saturated heterocycles. The van der Waals surface area contributed by atoms with E-state index in [2.05, 4.69) is 27.7 Å². The van der Waals surface area contributed by atoms with E-state index in [0.29, 0.717) is 5.41 Å². The summed E-state index contributed by atoms with van der Waals surface area (Å²) in [4.78, 5) is 0. The molecule has 2 aliphatic rings. The summed E-state index contributed by atoms with van der Waals surface area (Å²) in [6.07, 6.45) is 4.25. The zero-order valence-electron chi connectivity index (χ0n) is 8.85. The van der Waals surface area contributed by atoms with Gasteiger partial charge >= 0.3 is 0 Å². The van der Waals surface area contributed by atoms with Crippen molar-refractivity contribution in [2.45, 2.75) is 47.0 Å². The topological polar surface area (TPSA) is 0 Å². The third-order valence-corrected chi connectivity index (χ3v) is 4.03. The molecule has 0 bridgehead atoms. The van der Waals surface area contributed by atoms with E-state index >= 15 is 0 Å². The Morgan fingerprint density at radius 3 is 1.83 bits per heavy atom. The lowest BCUT2D eigenvalue weighted by Gasteiger charge is -2.00. The zero-order chi connectivity index (χ0) is 8.93. The Morgan fingerprint density at radius 2 is 1.58 bits per heavy atom. The summed E-state index contributed by atoms with van der Waals surface area (Å²) in [5, 5.41) is 0. The van der Waals surface area contributed by atoms with Crippen LogP contribution in [0.2, 0.25) is 0 Å². The Morgan fingerprint density at radius 1 is 1.17 bits per heavy atom. The Labute approximate surface area is 76.7 Å². The summed E-state index contributed by atoms with van der Waals surface area (Å²) in [6, 6.07) is 0. The molecule has 2 fully saturated rings. The molecule has 0 aromatic heterocycles. The van der Waals surface area contributed by atoms with Crippen LogP contribution < -0.4 is 0 Å². The monoisotopic (exact) mass is 165 g/mol. The first-order valence-corrected chi connectivity index (χ1v) is 5.48. The van der Waals surface area contributed by atoms with Gasteiger partial charge in [-0.3, -0.25) is 0 Å². The van der Waals surface area contributed by atoms with Gasteiger partial charge in [0.05, 0.1) is 0 Å². The van der Waals surface area contributed by atoms with Crippen molar-refractivity contribution in [1.29, 1.82) is 0 Å². The van der Waals surface area contributed by atoms with E-state index in [9.17, 15) is 0 Å². The molecule has 0 aromatic carbocycles. The van der Waals surface area contributed by atoms with E-state index in [1.165, 1.54) is 19.3 Å². The molecule has 0 heterocycles. The summed E-state index contributed by atoms with van der Waals surface area (Å²) in [5.74, 6) is 4.97. The molecule has 2 aliphatic carbocycles. The Kier molecular flexibility index (Phi) is 1.79. The molecule has 0 aliphatic heterocycles. The average molecular weight is 165 g/mol. The third-order valence-electron chi connectivity index (χ3n) is 4.03. The molecule has 0 N–H and O–H groups in total. The Balaban J connectivity index is 1.92. The average Bonchev–Trinajstić information content (AvgIpc) is 2.84. The lowest BCUT2D eigenvalue weighted by atomic mass is 10.0. The molecular weight excluding hydrogens is 144 g/mol. The van der Waals surface area contributed by atoms with Gasteiger partial charge in [-0.05, 0) is 35.5 Å². The van der Waals surface area contributed by atoms with Crippen molar-refractivity contribution in [1.82, 2.24) is 0 Å². The SMILES string of the molecule is CCC1[C](C2CC2(C)C)C1CC. The zero-order valence-corrected chi connectivity index (χ0v) is 8.85. The third kappa shape index (κ3) is 1.11. The van der Waals surface area contributed by atoms with Crippen molar-refractivity contribution in [2.75, 3.05) is 0 Å². The first kappa shape index (κ1) is 8.59. The van der Waals surface area contributed by atoms with Crippen LogP contribution in [0.4, 0.5) is 0 Å². The van der Waals surface area contributed by atoms with Gasteiger partial charge in [0.25, 0.3) is 0 Å². The predicted molar refractivity (Wildman–Crippen MR) is 52.7 cm³/mol. The second-order valence-corrected chi connectivity index (χ2v) is 5.27. The van der Waals surface area contributed by atoms with E-state index in [4.69, 9.17) is 0 Å². The Hall–Kier alpha value is 0. The fourth-order valence-electron chi connectivity index (χ4n) is 3.00. The van der Waals surface area contributed by atoms with Gasteiger partial charge in [0.15, 0.2) is 0 Å². The van der Waals surface area contributed by atoms with Gasteiger partial charge in [0, 0.05) is 0 Å². The van der Waals surface area contributed by atoms with Crippen molar-refractivity contribution in [3.63, 3.8) is 0 Å². The van der Waals surface area contributed by atoms with E-state index in [0.717, 1.165) is 17.8 Å². The van der Waals surface area contributed by atoms with Gasteiger partial charge in [0.1, 0.15) is 0 Å². The van der Waals surface area contributed by atoms with E-state index in [1.807, 2.05) is 5.92 Å². The van der Waals surface area contributed by atoms with Crippen molar-refractivity contribution < 1.29 is 0 Å². The van der Waals surface area contributed by atoms with Gasteiger partial charge in [-0.1, -0.05) is 40.5 Å². The van der Waals surface area contributed by atoms with Gasteiger partial charge in [-0.15, -0.1) is 0 Å². The second-order valence-electron chi connectivity index (χ2n) is 5.27. The van der Waals surface area contributed by atoms with Crippen LogP contribution in [-0.4, -0.2) is 0 Å². The van der Waals surface area contributed by atoms with Crippen molar-refractivity contribution in [3.8, 4) is 0 Å². The summed E-state index contributed by atoms with van der Waals surface area (Å²) in [7, 11) is 0. The number of hydrogen-bond acceptors (Lipinski definition) is 0. The van der Waals surface area contributed by atoms with Gasteiger partial charge < -0.3 is 0 Å². The van der Waals surface area contributed by atoms with Crippen molar-refractivity contribution >= 4 is 0 Å². The molecule has 0 heteroatoms. The number of hydrogen-bond donors (Lipinski definition) is 0. The highest BCUT2D eigenvalue weighted by Crippen LogP contribution is 2.70. The lowest BCUT2D eigenvalue weighted by Crippen LogP contribution is -1.92. The Bertz CT molecular complexity index is 170. The fourth-order valence-corrected chi connectivity index (χ4v) is 3.00. The standard InChI is InChI=1S/C12H21/c1-5-8-9(6-2)11(8)10-7-12(10,3)4/h8-10H,5-7H2,1-4H3. The molecule has 12 heavy (non-hydrogen) atoms. The quantitative estimate of drug-likeness (QED) is 0.598. The smallest absolute Gasteiger partial charge is 0.0137 e. The molecule has 1 radical (unpaired) electrons. The molecule has 0 aromatic rings. The summed E-state index contributed by atoms with van der Waals surface area (Å²) < 4.78 is 0. The molecule has 2 saturated carbocycles. The summed E-state index contributed by atoms with van der Waals surface area (Å²) in [6.45, 7) is 9.52.